The molecule has 0 saturated heterocycles. The SMILES string of the molecule is CCNC1CCCC1S(=O)(=O)c1cccc(F)c1. The van der Waals surface area contributed by atoms with Crippen LogP contribution in [-0.4, -0.2) is 26.3 Å². The zero-order valence-corrected chi connectivity index (χ0v) is 11.2. The molecule has 1 aromatic rings. The summed E-state index contributed by atoms with van der Waals surface area (Å²) >= 11 is 0. The normalized spacial score (nSPS) is 24.3. The van der Waals surface area contributed by atoms with Crippen LogP contribution in [0.4, 0.5) is 4.39 Å². The number of rotatable bonds is 4. The summed E-state index contributed by atoms with van der Waals surface area (Å²) < 4.78 is 38.1. The Hall–Kier alpha value is -0.940. The van der Waals surface area contributed by atoms with Crippen LogP contribution in [0.5, 0.6) is 0 Å². The molecule has 1 N–H and O–H groups in total. The molecule has 0 spiro atoms. The third kappa shape index (κ3) is 2.57. The summed E-state index contributed by atoms with van der Waals surface area (Å²) in [6.45, 7) is 2.71. The van der Waals surface area contributed by atoms with Crippen LogP contribution in [0.25, 0.3) is 0 Å². The first kappa shape index (κ1) is 13.5. The van der Waals surface area contributed by atoms with Crippen LogP contribution in [0.3, 0.4) is 0 Å². The second-order valence-corrected chi connectivity index (χ2v) is 6.80. The lowest BCUT2D eigenvalue weighted by molar-refractivity contribution is 0.516. The van der Waals surface area contributed by atoms with Crippen molar-refractivity contribution in [2.24, 2.45) is 0 Å². The summed E-state index contributed by atoms with van der Waals surface area (Å²) in [4.78, 5) is 0.0947. The van der Waals surface area contributed by atoms with Gasteiger partial charge in [-0.2, -0.15) is 0 Å². The summed E-state index contributed by atoms with van der Waals surface area (Å²) in [5, 5.41) is 2.78. The molecule has 2 unspecified atom stereocenters. The molecule has 100 valence electrons. The molecule has 5 heteroatoms. The minimum atomic E-state index is -3.44. The van der Waals surface area contributed by atoms with Gasteiger partial charge in [-0.1, -0.05) is 19.4 Å². The van der Waals surface area contributed by atoms with Crippen molar-refractivity contribution in [1.82, 2.24) is 5.32 Å². The van der Waals surface area contributed by atoms with Gasteiger partial charge in [-0.25, -0.2) is 12.8 Å². The first-order valence-electron chi connectivity index (χ1n) is 6.28. The maximum atomic E-state index is 13.1. The van der Waals surface area contributed by atoms with E-state index in [1.165, 1.54) is 18.2 Å². The monoisotopic (exact) mass is 271 g/mol. The van der Waals surface area contributed by atoms with E-state index in [9.17, 15) is 12.8 Å². The van der Waals surface area contributed by atoms with E-state index in [0.717, 1.165) is 25.5 Å². The van der Waals surface area contributed by atoms with Crippen LogP contribution in [-0.2, 0) is 9.84 Å². The molecule has 1 aromatic carbocycles. The van der Waals surface area contributed by atoms with Crippen molar-refractivity contribution in [3.63, 3.8) is 0 Å². The summed E-state index contributed by atoms with van der Waals surface area (Å²) in [7, 11) is -3.44. The fourth-order valence-electron chi connectivity index (χ4n) is 2.61. The van der Waals surface area contributed by atoms with Gasteiger partial charge in [-0.3, -0.25) is 0 Å². The maximum absolute atomic E-state index is 13.1. The largest absolute Gasteiger partial charge is 0.313 e. The lowest BCUT2D eigenvalue weighted by Gasteiger charge is -2.20. The molecule has 2 rings (SSSR count). The van der Waals surface area contributed by atoms with E-state index in [1.54, 1.807) is 0 Å². The van der Waals surface area contributed by atoms with E-state index in [-0.39, 0.29) is 10.9 Å². The average molecular weight is 271 g/mol. The highest BCUT2D eigenvalue weighted by atomic mass is 32.2. The van der Waals surface area contributed by atoms with E-state index in [0.29, 0.717) is 6.42 Å². The molecular formula is C13H18FNO2S. The highest BCUT2D eigenvalue weighted by Crippen LogP contribution is 2.30. The summed E-state index contributed by atoms with van der Waals surface area (Å²) in [5.74, 6) is -0.505. The van der Waals surface area contributed by atoms with Gasteiger partial charge in [0, 0.05) is 6.04 Å². The molecule has 1 fully saturated rings. The predicted molar refractivity (Wildman–Crippen MR) is 68.7 cm³/mol. The number of sulfone groups is 1. The standard InChI is InChI=1S/C13H18FNO2S/c1-2-15-12-7-4-8-13(12)18(16,17)11-6-3-5-10(14)9-11/h3,5-6,9,12-13,15H,2,4,7-8H2,1H3. The molecule has 0 bridgehead atoms. The molecule has 2 atom stereocenters. The fourth-order valence-corrected chi connectivity index (χ4v) is 4.65. The van der Waals surface area contributed by atoms with Gasteiger partial charge in [0.1, 0.15) is 5.82 Å². The minimum absolute atomic E-state index is 0.0109. The lowest BCUT2D eigenvalue weighted by Crippen LogP contribution is -2.40. The highest BCUT2D eigenvalue weighted by molar-refractivity contribution is 7.92. The molecule has 0 heterocycles. The van der Waals surface area contributed by atoms with Crippen LogP contribution < -0.4 is 5.32 Å². The van der Waals surface area contributed by atoms with Crippen LogP contribution >= 0.6 is 0 Å². The molecule has 18 heavy (non-hydrogen) atoms. The molecule has 1 saturated carbocycles. The van der Waals surface area contributed by atoms with Gasteiger partial charge >= 0.3 is 0 Å². The van der Waals surface area contributed by atoms with Crippen molar-refractivity contribution < 1.29 is 12.8 Å². The quantitative estimate of drug-likeness (QED) is 0.912. The Morgan fingerprint density at radius 2 is 2.17 bits per heavy atom. The van der Waals surface area contributed by atoms with Gasteiger partial charge in [-0.05, 0) is 37.6 Å². The smallest absolute Gasteiger partial charge is 0.182 e. The first-order chi connectivity index (χ1) is 8.55. The molecule has 0 aromatic heterocycles. The van der Waals surface area contributed by atoms with Crippen molar-refractivity contribution in [3.05, 3.63) is 30.1 Å². The number of hydrogen-bond acceptors (Lipinski definition) is 3. The summed E-state index contributed by atoms with van der Waals surface area (Å²) in [5.41, 5.74) is 0. The van der Waals surface area contributed by atoms with Crippen molar-refractivity contribution >= 4 is 9.84 Å². The average Bonchev–Trinajstić information content (AvgIpc) is 2.78. The van der Waals surface area contributed by atoms with Gasteiger partial charge in [0.15, 0.2) is 9.84 Å². The first-order valence-corrected chi connectivity index (χ1v) is 7.83. The van der Waals surface area contributed by atoms with Crippen molar-refractivity contribution in [1.29, 1.82) is 0 Å². The van der Waals surface area contributed by atoms with Crippen molar-refractivity contribution in [2.45, 2.75) is 42.4 Å². The highest BCUT2D eigenvalue weighted by Gasteiger charge is 2.37. The zero-order valence-electron chi connectivity index (χ0n) is 10.4. The van der Waals surface area contributed by atoms with Crippen LogP contribution in [0, 0.1) is 5.82 Å². The predicted octanol–water partition coefficient (Wildman–Crippen LogP) is 2.13. The topological polar surface area (TPSA) is 46.2 Å². The Kier molecular flexibility index (Phi) is 4.02. The molecule has 0 amide bonds. The molecule has 1 aliphatic carbocycles. The Balaban J connectivity index is 2.30. The number of halogens is 1. The van der Waals surface area contributed by atoms with Crippen molar-refractivity contribution in [2.75, 3.05) is 6.54 Å². The van der Waals surface area contributed by atoms with Crippen molar-refractivity contribution in [3.8, 4) is 0 Å². The van der Waals surface area contributed by atoms with Gasteiger partial charge < -0.3 is 5.32 Å². The van der Waals surface area contributed by atoms with Gasteiger partial charge in [-0.15, -0.1) is 0 Å². The third-order valence-corrected chi connectivity index (χ3v) is 5.71. The van der Waals surface area contributed by atoms with E-state index in [2.05, 4.69) is 5.32 Å². The van der Waals surface area contributed by atoms with Gasteiger partial charge in [0.25, 0.3) is 0 Å². The van der Waals surface area contributed by atoms with E-state index >= 15 is 0 Å². The fraction of sp³-hybridized carbons (Fsp3) is 0.538. The van der Waals surface area contributed by atoms with Gasteiger partial charge in [0.2, 0.25) is 0 Å². The number of hydrogen-bond donors (Lipinski definition) is 1. The van der Waals surface area contributed by atoms with Crippen LogP contribution in [0.15, 0.2) is 29.2 Å². The molecular weight excluding hydrogens is 253 g/mol. The van der Waals surface area contributed by atoms with Gasteiger partial charge in [0.05, 0.1) is 10.1 Å². The maximum Gasteiger partial charge on any atom is 0.182 e. The minimum Gasteiger partial charge on any atom is -0.313 e. The second kappa shape index (κ2) is 5.36. The van der Waals surface area contributed by atoms with Crippen LogP contribution in [0.2, 0.25) is 0 Å². The molecule has 3 nitrogen and oxygen atoms in total. The Labute approximate surface area is 107 Å². The number of benzene rings is 1. The molecule has 0 aliphatic heterocycles. The van der Waals surface area contributed by atoms with Crippen LogP contribution in [0.1, 0.15) is 26.2 Å². The Morgan fingerprint density at radius 1 is 1.39 bits per heavy atom. The zero-order chi connectivity index (χ0) is 13.2. The second-order valence-electron chi connectivity index (χ2n) is 4.64. The third-order valence-electron chi connectivity index (χ3n) is 3.44. The van der Waals surface area contributed by atoms with E-state index < -0.39 is 20.9 Å². The molecule has 0 radical (unpaired) electrons. The molecule has 1 aliphatic rings. The van der Waals surface area contributed by atoms with E-state index in [4.69, 9.17) is 0 Å². The lowest BCUT2D eigenvalue weighted by atomic mass is 10.2. The number of nitrogens with one attached hydrogen (secondary N) is 1. The Morgan fingerprint density at radius 3 is 2.83 bits per heavy atom. The van der Waals surface area contributed by atoms with E-state index in [1.807, 2.05) is 6.92 Å². The Bertz CT molecular complexity index is 515. The summed E-state index contributed by atoms with van der Waals surface area (Å²) in [6, 6.07) is 5.27. The summed E-state index contributed by atoms with van der Waals surface area (Å²) in [6.07, 6.45) is 2.42.